The number of aliphatic imine (C=N–C) groups is 1. The number of hydrogen-bond donors (Lipinski definition) is 2. The van der Waals surface area contributed by atoms with E-state index in [9.17, 15) is 8.42 Å². The Balaban J connectivity index is 1.52. The highest BCUT2D eigenvalue weighted by Gasteiger charge is 2.13. The Kier molecular flexibility index (Phi) is 4.94. The molecule has 0 saturated heterocycles. The van der Waals surface area contributed by atoms with Crippen LogP contribution in [0.2, 0.25) is 0 Å². The second-order valence-electron chi connectivity index (χ2n) is 6.01. The number of hydrogen-bond acceptors (Lipinski definition) is 9. The monoisotopic (exact) mass is 419 g/mol. The van der Waals surface area contributed by atoms with Crippen molar-refractivity contribution >= 4 is 43.6 Å². The molecule has 140 valence electrons. The molecule has 3 aromatic rings. The van der Waals surface area contributed by atoms with Gasteiger partial charge in [0.2, 0.25) is 0 Å². The van der Waals surface area contributed by atoms with Crippen molar-refractivity contribution in [2.75, 3.05) is 24.7 Å². The number of rotatable bonds is 4. The van der Waals surface area contributed by atoms with Gasteiger partial charge in [-0.25, -0.2) is 18.4 Å². The van der Waals surface area contributed by atoms with Crippen LogP contribution in [0.15, 0.2) is 44.9 Å². The Hall–Kier alpha value is -2.30. The van der Waals surface area contributed by atoms with E-state index in [2.05, 4.69) is 25.6 Å². The highest BCUT2D eigenvalue weighted by molar-refractivity contribution is 7.90. The number of anilines is 1. The van der Waals surface area contributed by atoms with Crippen LogP contribution in [0.25, 0.3) is 22.0 Å². The van der Waals surface area contributed by atoms with Crippen LogP contribution in [0.5, 0.6) is 0 Å². The lowest BCUT2D eigenvalue weighted by molar-refractivity contribution is 0.602. The maximum atomic E-state index is 11.6. The standard InChI is InChI=1S/C17H17N5O2S3/c1-27(23,24)12-5-3-11(4-6-12)15-20-13(9-25-15)14-10-26-17(21-14)22-16-18-7-2-8-19-16/h3-6,9-10H,2,7-8H2,1H3,(H2,18,19,21,22). The third-order valence-electron chi connectivity index (χ3n) is 3.92. The number of guanidine groups is 1. The summed E-state index contributed by atoms with van der Waals surface area (Å²) in [4.78, 5) is 13.9. The van der Waals surface area contributed by atoms with Gasteiger partial charge >= 0.3 is 0 Å². The minimum Gasteiger partial charge on any atom is -0.356 e. The van der Waals surface area contributed by atoms with Gasteiger partial charge in [-0.15, -0.1) is 22.7 Å². The molecule has 27 heavy (non-hydrogen) atoms. The van der Waals surface area contributed by atoms with E-state index in [0.29, 0.717) is 4.90 Å². The molecule has 0 atom stereocenters. The van der Waals surface area contributed by atoms with Crippen molar-refractivity contribution in [3.05, 3.63) is 35.0 Å². The molecule has 1 aliphatic heterocycles. The maximum Gasteiger partial charge on any atom is 0.197 e. The normalized spacial score (nSPS) is 14.5. The molecule has 0 radical (unpaired) electrons. The molecule has 0 spiro atoms. The number of benzene rings is 1. The zero-order valence-corrected chi connectivity index (χ0v) is 16.9. The summed E-state index contributed by atoms with van der Waals surface area (Å²) in [6, 6.07) is 6.77. The zero-order chi connectivity index (χ0) is 18.9. The second kappa shape index (κ2) is 7.37. The van der Waals surface area contributed by atoms with Crippen LogP contribution in [0, 0.1) is 0 Å². The zero-order valence-electron chi connectivity index (χ0n) is 14.5. The Morgan fingerprint density at radius 3 is 2.52 bits per heavy atom. The Morgan fingerprint density at radius 2 is 1.81 bits per heavy atom. The molecule has 0 unspecified atom stereocenters. The summed E-state index contributed by atoms with van der Waals surface area (Å²) in [7, 11) is -3.20. The minimum absolute atomic E-state index is 0.303. The fraction of sp³-hybridized carbons (Fsp3) is 0.235. The first-order chi connectivity index (χ1) is 13.0. The topological polar surface area (TPSA) is 96.3 Å². The van der Waals surface area contributed by atoms with Crippen LogP contribution < -0.4 is 10.6 Å². The predicted molar refractivity (Wildman–Crippen MR) is 110 cm³/mol. The summed E-state index contributed by atoms with van der Waals surface area (Å²) in [5.74, 6) is 0.757. The lowest BCUT2D eigenvalue weighted by Gasteiger charge is -2.13. The van der Waals surface area contributed by atoms with E-state index in [1.54, 1.807) is 24.3 Å². The van der Waals surface area contributed by atoms with Gasteiger partial charge in [0, 0.05) is 35.7 Å². The van der Waals surface area contributed by atoms with Gasteiger partial charge in [-0.2, -0.15) is 0 Å². The van der Waals surface area contributed by atoms with E-state index in [4.69, 9.17) is 0 Å². The summed E-state index contributed by atoms with van der Waals surface area (Å²) in [6.45, 7) is 1.73. The predicted octanol–water partition coefficient (Wildman–Crippen LogP) is 3.10. The molecule has 0 aliphatic carbocycles. The van der Waals surface area contributed by atoms with Crippen molar-refractivity contribution in [2.45, 2.75) is 11.3 Å². The first-order valence-corrected chi connectivity index (χ1v) is 11.9. The van der Waals surface area contributed by atoms with Gasteiger partial charge < -0.3 is 10.6 Å². The van der Waals surface area contributed by atoms with E-state index in [1.807, 2.05) is 10.8 Å². The summed E-state index contributed by atoms with van der Waals surface area (Å²) in [6.07, 6.45) is 2.24. The van der Waals surface area contributed by atoms with Crippen molar-refractivity contribution in [1.29, 1.82) is 0 Å². The van der Waals surface area contributed by atoms with Crippen molar-refractivity contribution < 1.29 is 8.42 Å². The minimum atomic E-state index is -3.20. The Morgan fingerprint density at radius 1 is 1.07 bits per heavy atom. The second-order valence-corrected chi connectivity index (χ2v) is 9.74. The molecular weight excluding hydrogens is 402 g/mol. The fourth-order valence-electron chi connectivity index (χ4n) is 2.54. The van der Waals surface area contributed by atoms with E-state index < -0.39 is 9.84 Å². The number of sulfone groups is 1. The van der Waals surface area contributed by atoms with Gasteiger partial charge in [0.1, 0.15) is 16.4 Å². The molecule has 7 nitrogen and oxygen atoms in total. The van der Waals surface area contributed by atoms with Crippen molar-refractivity contribution in [2.24, 2.45) is 4.99 Å². The van der Waals surface area contributed by atoms with E-state index in [1.165, 1.54) is 28.9 Å². The molecule has 0 saturated carbocycles. The van der Waals surface area contributed by atoms with Crippen LogP contribution >= 0.6 is 22.7 Å². The van der Waals surface area contributed by atoms with Crippen LogP contribution in [-0.4, -0.2) is 43.7 Å². The van der Waals surface area contributed by atoms with Gasteiger partial charge in [0.05, 0.1) is 4.90 Å². The Bertz CT molecular complexity index is 1080. The van der Waals surface area contributed by atoms with Crippen molar-refractivity contribution in [3.63, 3.8) is 0 Å². The number of nitrogens with zero attached hydrogens (tertiary/aromatic N) is 3. The number of thiazole rings is 2. The molecule has 1 aromatic carbocycles. The van der Waals surface area contributed by atoms with E-state index in [0.717, 1.165) is 52.6 Å². The quantitative estimate of drug-likeness (QED) is 0.675. The highest BCUT2D eigenvalue weighted by Crippen LogP contribution is 2.31. The van der Waals surface area contributed by atoms with Gasteiger partial charge in [-0.3, -0.25) is 4.99 Å². The molecule has 0 fully saturated rings. The van der Waals surface area contributed by atoms with Crippen LogP contribution in [0.4, 0.5) is 5.13 Å². The van der Waals surface area contributed by atoms with Crippen LogP contribution in [0.3, 0.4) is 0 Å². The SMILES string of the molecule is CS(=O)(=O)c1ccc(-c2nc(-c3csc(NC4=NCCCN4)n3)cs2)cc1. The lowest BCUT2D eigenvalue weighted by atomic mass is 10.2. The van der Waals surface area contributed by atoms with Crippen molar-refractivity contribution in [3.8, 4) is 22.0 Å². The van der Waals surface area contributed by atoms with Gasteiger partial charge in [0.15, 0.2) is 20.9 Å². The molecule has 2 aromatic heterocycles. The number of aromatic nitrogens is 2. The van der Waals surface area contributed by atoms with Gasteiger partial charge in [-0.05, 0) is 18.6 Å². The summed E-state index contributed by atoms with van der Waals surface area (Å²) >= 11 is 3.01. The average Bonchev–Trinajstić information content (AvgIpc) is 3.31. The van der Waals surface area contributed by atoms with Gasteiger partial charge in [-0.1, -0.05) is 12.1 Å². The third kappa shape index (κ3) is 4.18. The summed E-state index contributed by atoms with van der Waals surface area (Å²) < 4.78 is 23.2. The highest BCUT2D eigenvalue weighted by atomic mass is 32.2. The summed E-state index contributed by atoms with van der Waals surface area (Å²) in [5, 5.41) is 11.9. The molecule has 2 N–H and O–H groups in total. The molecule has 4 rings (SSSR count). The largest absolute Gasteiger partial charge is 0.356 e. The summed E-state index contributed by atoms with van der Waals surface area (Å²) in [5.41, 5.74) is 2.48. The molecule has 1 aliphatic rings. The smallest absolute Gasteiger partial charge is 0.197 e. The first-order valence-electron chi connectivity index (χ1n) is 8.26. The molecular formula is C17H17N5O2S3. The van der Waals surface area contributed by atoms with Crippen LogP contribution in [0.1, 0.15) is 6.42 Å². The van der Waals surface area contributed by atoms with Crippen LogP contribution in [-0.2, 0) is 9.84 Å². The molecule has 10 heteroatoms. The van der Waals surface area contributed by atoms with E-state index in [-0.39, 0.29) is 0 Å². The molecule has 0 amide bonds. The maximum absolute atomic E-state index is 11.6. The fourth-order valence-corrected chi connectivity index (χ4v) is 4.69. The number of nitrogens with one attached hydrogen (secondary N) is 2. The average molecular weight is 420 g/mol. The first kappa shape index (κ1) is 18.1. The molecule has 0 bridgehead atoms. The lowest BCUT2D eigenvalue weighted by Crippen LogP contribution is -2.35. The van der Waals surface area contributed by atoms with E-state index >= 15 is 0 Å². The third-order valence-corrected chi connectivity index (χ3v) is 6.70. The molecule has 3 heterocycles. The van der Waals surface area contributed by atoms with Gasteiger partial charge in [0.25, 0.3) is 0 Å². The Labute approximate surface area is 165 Å². The van der Waals surface area contributed by atoms with Crippen molar-refractivity contribution in [1.82, 2.24) is 15.3 Å².